The first-order valence-corrected chi connectivity index (χ1v) is 14.2. The predicted octanol–water partition coefficient (Wildman–Crippen LogP) is 6.23. The number of nitrogen functional groups attached to an aromatic ring is 1. The van der Waals surface area contributed by atoms with E-state index >= 15 is 0 Å². The van der Waals surface area contributed by atoms with Crippen LogP contribution in [0.4, 0.5) is 22.7 Å². The molecule has 8 heteroatoms. The fourth-order valence-corrected chi connectivity index (χ4v) is 4.32. The second-order valence-electron chi connectivity index (χ2n) is 13.4. The van der Waals surface area contributed by atoms with E-state index in [2.05, 4.69) is 95.6 Å². The number of nitrogens with two attached hydrogens (primary N) is 1. The highest BCUT2D eigenvalue weighted by Crippen LogP contribution is 2.33. The average Bonchev–Trinajstić information content (AvgIpc) is 2.82. The minimum absolute atomic E-state index is 0.0905. The van der Waals surface area contributed by atoms with Crippen LogP contribution in [0.25, 0.3) is 0 Å². The van der Waals surface area contributed by atoms with Crippen molar-refractivity contribution >= 4 is 22.7 Å². The van der Waals surface area contributed by atoms with Crippen LogP contribution in [0, 0.1) is 10.1 Å². The summed E-state index contributed by atoms with van der Waals surface area (Å²) >= 11 is 0. The van der Waals surface area contributed by atoms with Crippen LogP contribution in [0.3, 0.4) is 0 Å². The number of nitro groups is 1. The summed E-state index contributed by atoms with van der Waals surface area (Å²) in [6.07, 6.45) is 2.12. The third-order valence-electron chi connectivity index (χ3n) is 6.95. The Balaban J connectivity index is 0.000000402. The summed E-state index contributed by atoms with van der Waals surface area (Å²) < 4.78 is 0. The van der Waals surface area contributed by atoms with Gasteiger partial charge in [0.15, 0.2) is 0 Å². The molecule has 0 spiro atoms. The molecule has 0 radical (unpaired) electrons. The van der Waals surface area contributed by atoms with Crippen molar-refractivity contribution in [1.82, 2.24) is 9.80 Å². The summed E-state index contributed by atoms with van der Waals surface area (Å²) in [5, 5.41) is 11.4. The van der Waals surface area contributed by atoms with Crippen LogP contribution < -0.4 is 15.5 Å². The lowest BCUT2D eigenvalue weighted by Gasteiger charge is -2.25. The van der Waals surface area contributed by atoms with Crippen LogP contribution in [0.1, 0.15) is 65.5 Å². The molecule has 0 aliphatic carbocycles. The summed E-state index contributed by atoms with van der Waals surface area (Å²) in [6, 6.07) is 12.0. The number of nitro benzene ring substituents is 1. The molecular formula is C32H56N6O2. The van der Waals surface area contributed by atoms with Gasteiger partial charge in [0, 0.05) is 33.3 Å². The maximum absolute atomic E-state index is 11.4. The normalized spacial score (nSPS) is 11.8. The lowest BCUT2D eigenvalue weighted by Crippen LogP contribution is -2.24. The van der Waals surface area contributed by atoms with Gasteiger partial charge in [-0.2, -0.15) is 0 Å². The Hall–Kier alpha value is -2.84. The van der Waals surface area contributed by atoms with E-state index in [1.54, 1.807) is 6.07 Å². The van der Waals surface area contributed by atoms with E-state index in [4.69, 9.17) is 5.73 Å². The number of rotatable bonds is 11. The topological polar surface area (TPSA) is 82.1 Å². The SMILES string of the molecule is CN(C)CCCN(C)c1ccc(C(C)(C)C)cc1N.CN(C)CCCN(C)c1ccc(C(C)(C)C)cc1[N+](=O)[O-]. The Morgan fingerprint density at radius 2 is 1.07 bits per heavy atom. The van der Waals surface area contributed by atoms with E-state index in [0.717, 1.165) is 56.0 Å². The molecule has 0 heterocycles. The molecule has 0 saturated carbocycles. The molecule has 0 aliphatic heterocycles. The van der Waals surface area contributed by atoms with Crippen LogP contribution in [0.15, 0.2) is 36.4 Å². The van der Waals surface area contributed by atoms with E-state index in [1.807, 2.05) is 38.2 Å². The molecule has 0 bridgehead atoms. The zero-order valence-corrected chi connectivity index (χ0v) is 27.3. The van der Waals surface area contributed by atoms with Crippen molar-refractivity contribution in [2.45, 2.75) is 65.2 Å². The molecule has 0 atom stereocenters. The third kappa shape index (κ3) is 11.7. The second kappa shape index (κ2) is 15.2. The molecule has 8 nitrogen and oxygen atoms in total. The number of anilines is 3. The fourth-order valence-electron chi connectivity index (χ4n) is 4.32. The van der Waals surface area contributed by atoms with Crippen molar-refractivity contribution in [3.05, 3.63) is 57.6 Å². The Kier molecular flexibility index (Phi) is 13.4. The largest absolute Gasteiger partial charge is 0.397 e. The lowest BCUT2D eigenvalue weighted by atomic mass is 9.86. The minimum Gasteiger partial charge on any atom is -0.397 e. The number of nitrogens with zero attached hydrogens (tertiary/aromatic N) is 5. The highest BCUT2D eigenvalue weighted by molar-refractivity contribution is 5.68. The van der Waals surface area contributed by atoms with Crippen molar-refractivity contribution in [2.75, 3.05) is 84.0 Å². The summed E-state index contributed by atoms with van der Waals surface area (Å²) in [5.41, 5.74) is 11.4. The standard InChI is InChI=1S/C16H27N3O2.C16H29N3/c1-16(2,3)13-8-9-14(15(12-13)19(20)21)18(6)11-7-10-17(4)5;1-16(2,3)13-8-9-15(14(17)12-13)19(6)11-7-10-18(4)5/h8-9,12H,7,10-11H2,1-6H3;8-9,12H,7,10-11,17H2,1-6H3. The molecule has 0 unspecified atom stereocenters. The fraction of sp³-hybridized carbons (Fsp3) is 0.625. The first-order chi connectivity index (χ1) is 18.3. The van der Waals surface area contributed by atoms with E-state index < -0.39 is 0 Å². The molecule has 0 amide bonds. The smallest absolute Gasteiger partial charge is 0.292 e. The van der Waals surface area contributed by atoms with E-state index in [-0.39, 0.29) is 21.4 Å². The van der Waals surface area contributed by atoms with Gasteiger partial charge < -0.3 is 25.3 Å². The first-order valence-electron chi connectivity index (χ1n) is 14.2. The van der Waals surface area contributed by atoms with Crippen LogP contribution in [0.2, 0.25) is 0 Å². The molecule has 226 valence electrons. The predicted molar refractivity (Wildman–Crippen MR) is 174 cm³/mol. The van der Waals surface area contributed by atoms with E-state index in [0.29, 0.717) is 5.69 Å². The van der Waals surface area contributed by atoms with Gasteiger partial charge in [0.1, 0.15) is 5.69 Å². The Bertz CT molecular complexity index is 1070. The number of hydrogen-bond donors (Lipinski definition) is 1. The Labute approximate surface area is 244 Å². The van der Waals surface area contributed by atoms with Crippen LogP contribution >= 0.6 is 0 Å². The molecule has 2 rings (SSSR count). The van der Waals surface area contributed by atoms with Gasteiger partial charge in [-0.1, -0.05) is 53.7 Å². The van der Waals surface area contributed by atoms with Crippen molar-refractivity contribution < 1.29 is 4.92 Å². The van der Waals surface area contributed by atoms with Gasteiger partial charge in [-0.25, -0.2) is 0 Å². The summed E-state index contributed by atoms with van der Waals surface area (Å²) in [6.45, 7) is 16.7. The third-order valence-corrected chi connectivity index (χ3v) is 6.95. The van der Waals surface area contributed by atoms with Crippen molar-refractivity contribution in [3.8, 4) is 0 Å². The first kappa shape index (κ1) is 35.2. The molecule has 0 saturated heterocycles. The lowest BCUT2D eigenvalue weighted by molar-refractivity contribution is -0.384. The summed E-state index contributed by atoms with van der Waals surface area (Å²) in [4.78, 5) is 19.6. The average molecular weight is 557 g/mol. The maximum Gasteiger partial charge on any atom is 0.292 e. The molecule has 2 aromatic rings. The van der Waals surface area contributed by atoms with Gasteiger partial charge >= 0.3 is 0 Å². The van der Waals surface area contributed by atoms with Gasteiger partial charge in [0.25, 0.3) is 5.69 Å². The van der Waals surface area contributed by atoms with Gasteiger partial charge in [0.05, 0.1) is 16.3 Å². The van der Waals surface area contributed by atoms with Crippen LogP contribution in [-0.2, 0) is 10.8 Å². The van der Waals surface area contributed by atoms with Crippen LogP contribution in [-0.4, -0.2) is 83.2 Å². The molecular weight excluding hydrogens is 500 g/mol. The Morgan fingerprint density at radius 1 is 0.675 bits per heavy atom. The highest BCUT2D eigenvalue weighted by Gasteiger charge is 2.22. The monoisotopic (exact) mass is 556 g/mol. The molecule has 0 aliphatic rings. The Morgan fingerprint density at radius 3 is 1.45 bits per heavy atom. The molecule has 0 fully saturated rings. The van der Waals surface area contributed by atoms with Gasteiger partial charge in [-0.15, -0.1) is 0 Å². The summed E-state index contributed by atoms with van der Waals surface area (Å²) in [5.74, 6) is 0. The van der Waals surface area contributed by atoms with Crippen molar-refractivity contribution in [1.29, 1.82) is 0 Å². The maximum atomic E-state index is 11.4. The molecule has 2 N–H and O–H groups in total. The van der Waals surface area contributed by atoms with E-state index in [9.17, 15) is 10.1 Å². The molecule has 2 aromatic carbocycles. The van der Waals surface area contributed by atoms with Crippen LogP contribution in [0.5, 0.6) is 0 Å². The minimum atomic E-state index is -0.285. The number of benzene rings is 2. The molecule has 40 heavy (non-hydrogen) atoms. The van der Waals surface area contributed by atoms with E-state index in [1.165, 1.54) is 5.56 Å². The van der Waals surface area contributed by atoms with Crippen molar-refractivity contribution in [3.63, 3.8) is 0 Å². The van der Waals surface area contributed by atoms with Crippen molar-refractivity contribution in [2.24, 2.45) is 0 Å². The zero-order chi connectivity index (χ0) is 30.8. The number of hydrogen-bond acceptors (Lipinski definition) is 7. The summed E-state index contributed by atoms with van der Waals surface area (Å²) in [7, 11) is 12.3. The zero-order valence-electron chi connectivity index (χ0n) is 27.3. The second-order valence-corrected chi connectivity index (χ2v) is 13.4. The molecule has 0 aromatic heterocycles. The van der Waals surface area contributed by atoms with Gasteiger partial charge in [-0.05, 0) is 94.3 Å². The van der Waals surface area contributed by atoms with Gasteiger partial charge in [-0.3, -0.25) is 10.1 Å². The highest BCUT2D eigenvalue weighted by atomic mass is 16.6. The van der Waals surface area contributed by atoms with Gasteiger partial charge in [0.2, 0.25) is 0 Å². The quantitative estimate of drug-likeness (QED) is 0.199.